The lowest BCUT2D eigenvalue weighted by molar-refractivity contribution is -0.121. The van der Waals surface area contributed by atoms with Gasteiger partial charge in [-0.1, -0.05) is 0 Å². The minimum absolute atomic E-state index is 0.0101. The number of carbonyl (C=O) groups is 1. The summed E-state index contributed by atoms with van der Waals surface area (Å²) in [6, 6.07) is 6.02. The summed E-state index contributed by atoms with van der Waals surface area (Å²) in [5, 5.41) is 3.33. The van der Waals surface area contributed by atoms with Crippen LogP contribution in [0.2, 0.25) is 0 Å². The highest BCUT2D eigenvalue weighted by Gasteiger charge is 2.39. The summed E-state index contributed by atoms with van der Waals surface area (Å²) >= 11 is 0. The van der Waals surface area contributed by atoms with E-state index in [4.69, 9.17) is 4.74 Å². The van der Waals surface area contributed by atoms with Gasteiger partial charge in [0.2, 0.25) is 0 Å². The summed E-state index contributed by atoms with van der Waals surface area (Å²) in [5.41, 5.74) is 2.35. The number of fused-ring (bicyclic) bond motifs is 3. The fourth-order valence-electron chi connectivity index (χ4n) is 2.83. The minimum Gasteiger partial charge on any atom is -0.497 e. The Morgan fingerprint density at radius 3 is 3.12 bits per heavy atom. The van der Waals surface area contributed by atoms with Crippen LogP contribution in [0.15, 0.2) is 18.2 Å². The van der Waals surface area contributed by atoms with E-state index in [1.165, 1.54) is 5.56 Å². The number of methoxy groups -OCH3 is 1. The van der Waals surface area contributed by atoms with Crippen molar-refractivity contribution in [2.45, 2.75) is 31.2 Å². The zero-order chi connectivity index (χ0) is 11.1. The number of carbonyl (C=O) groups excluding carboxylic acids is 1. The standard InChI is InChI=1S/C13H15NO2/c1-16-8-5-6-11-10(7-8)9-3-2-4-12(15)13(9)14-11/h5-7,9,13-14H,2-4H2,1H3. The molecule has 0 bridgehead atoms. The molecule has 1 aliphatic heterocycles. The van der Waals surface area contributed by atoms with Crippen LogP contribution in [0, 0.1) is 0 Å². The van der Waals surface area contributed by atoms with E-state index < -0.39 is 0 Å². The van der Waals surface area contributed by atoms with Gasteiger partial charge in [0.15, 0.2) is 5.78 Å². The van der Waals surface area contributed by atoms with Gasteiger partial charge in [-0.15, -0.1) is 0 Å². The number of ether oxygens (including phenoxy) is 1. The Balaban J connectivity index is 2.01. The van der Waals surface area contributed by atoms with Crippen LogP contribution in [0.5, 0.6) is 5.75 Å². The van der Waals surface area contributed by atoms with Gasteiger partial charge in [0.05, 0.1) is 13.2 Å². The molecule has 2 atom stereocenters. The third-order valence-corrected chi connectivity index (χ3v) is 3.66. The summed E-state index contributed by atoms with van der Waals surface area (Å²) in [6.07, 6.45) is 2.83. The van der Waals surface area contributed by atoms with Crippen LogP contribution in [0.1, 0.15) is 30.7 Å². The second kappa shape index (κ2) is 3.51. The van der Waals surface area contributed by atoms with E-state index >= 15 is 0 Å². The van der Waals surface area contributed by atoms with E-state index in [2.05, 4.69) is 11.4 Å². The van der Waals surface area contributed by atoms with E-state index in [-0.39, 0.29) is 6.04 Å². The molecule has 1 aromatic rings. The highest BCUT2D eigenvalue weighted by molar-refractivity contribution is 5.91. The van der Waals surface area contributed by atoms with Crippen molar-refractivity contribution in [3.05, 3.63) is 23.8 Å². The van der Waals surface area contributed by atoms with E-state index in [1.54, 1.807) is 7.11 Å². The summed E-state index contributed by atoms with van der Waals surface area (Å²) in [5.74, 6) is 1.58. The van der Waals surface area contributed by atoms with Gasteiger partial charge >= 0.3 is 0 Å². The van der Waals surface area contributed by atoms with Crippen LogP contribution in [0.4, 0.5) is 5.69 Å². The first-order valence-corrected chi connectivity index (χ1v) is 5.77. The van der Waals surface area contributed by atoms with Gasteiger partial charge in [-0.2, -0.15) is 0 Å². The molecule has 1 aliphatic carbocycles. The van der Waals surface area contributed by atoms with Crippen molar-refractivity contribution in [2.75, 3.05) is 12.4 Å². The Morgan fingerprint density at radius 2 is 2.31 bits per heavy atom. The van der Waals surface area contributed by atoms with Gasteiger partial charge in [-0.3, -0.25) is 4.79 Å². The lowest BCUT2D eigenvalue weighted by Crippen LogP contribution is -2.33. The Kier molecular flexibility index (Phi) is 2.13. The van der Waals surface area contributed by atoms with Crippen LogP contribution in [0.25, 0.3) is 0 Å². The third-order valence-electron chi connectivity index (χ3n) is 3.66. The molecule has 0 aromatic heterocycles. The molecule has 3 rings (SSSR count). The molecule has 3 nitrogen and oxygen atoms in total. The Bertz CT molecular complexity index is 442. The molecule has 0 amide bonds. The van der Waals surface area contributed by atoms with Crippen molar-refractivity contribution in [3.8, 4) is 5.75 Å². The highest BCUT2D eigenvalue weighted by atomic mass is 16.5. The Labute approximate surface area is 94.8 Å². The lowest BCUT2D eigenvalue weighted by Gasteiger charge is -2.24. The fraction of sp³-hybridized carbons (Fsp3) is 0.462. The van der Waals surface area contributed by atoms with Crippen LogP contribution < -0.4 is 10.1 Å². The molecule has 16 heavy (non-hydrogen) atoms. The number of hydrogen-bond acceptors (Lipinski definition) is 3. The van der Waals surface area contributed by atoms with Crippen LogP contribution >= 0.6 is 0 Å². The van der Waals surface area contributed by atoms with Gasteiger partial charge in [0.1, 0.15) is 5.75 Å². The molecule has 1 fully saturated rings. The molecule has 84 valence electrons. The Hall–Kier alpha value is -1.51. The van der Waals surface area contributed by atoms with E-state index in [1.807, 2.05) is 12.1 Å². The number of hydrogen-bond donors (Lipinski definition) is 1. The largest absolute Gasteiger partial charge is 0.497 e. The van der Waals surface area contributed by atoms with E-state index in [9.17, 15) is 4.79 Å². The van der Waals surface area contributed by atoms with E-state index in [0.29, 0.717) is 11.7 Å². The zero-order valence-corrected chi connectivity index (χ0v) is 9.32. The topological polar surface area (TPSA) is 38.3 Å². The van der Waals surface area contributed by atoms with Crippen LogP contribution in [-0.4, -0.2) is 18.9 Å². The Morgan fingerprint density at radius 1 is 1.44 bits per heavy atom. The number of benzene rings is 1. The predicted octanol–water partition coefficient (Wildman–Crippen LogP) is 2.33. The second-order valence-corrected chi connectivity index (χ2v) is 4.54. The minimum atomic E-state index is 0.0101. The number of nitrogens with one attached hydrogen (secondary N) is 1. The average molecular weight is 217 g/mol. The molecule has 0 saturated heterocycles. The van der Waals surface area contributed by atoms with Gasteiger partial charge < -0.3 is 10.1 Å². The van der Waals surface area contributed by atoms with Crippen molar-refractivity contribution in [1.29, 1.82) is 0 Å². The van der Waals surface area contributed by atoms with Gasteiger partial charge in [-0.05, 0) is 36.6 Å². The van der Waals surface area contributed by atoms with Gasteiger partial charge in [0.25, 0.3) is 0 Å². The van der Waals surface area contributed by atoms with Crippen molar-refractivity contribution in [3.63, 3.8) is 0 Å². The first kappa shape index (κ1) is 9.70. The molecule has 0 spiro atoms. The van der Waals surface area contributed by atoms with Crippen molar-refractivity contribution in [1.82, 2.24) is 0 Å². The monoisotopic (exact) mass is 217 g/mol. The summed E-state index contributed by atoms with van der Waals surface area (Å²) < 4.78 is 5.23. The molecule has 1 N–H and O–H groups in total. The number of rotatable bonds is 1. The molecule has 3 heteroatoms. The van der Waals surface area contributed by atoms with Crippen molar-refractivity contribution >= 4 is 11.5 Å². The molecule has 2 unspecified atom stereocenters. The summed E-state index contributed by atoms with van der Waals surface area (Å²) in [6.45, 7) is 0. The molecular formula is C13H15NO2. The first-order chi connectivity index (χ1) is 7.79. The lowest BCUT2D eigenvalue weighted by atomic mass is 9.82. The highest BCUT2D eigenvalue weighted by Crippen LogP contribution is 2.43. The third kappa shape index (κ3) is 1.31. The van der Waals surface area contributed by atoms with Crippen LogP contribution in [-0.2, 0) is 4.79 Å². The fourth-order valence-corrected chi connectivity index (χ4v) is 2.83. The molecule has 1 heterocycles. The summed E-state index contributed by atoms with van der Waals surface area (Å²) in [7, 11) is 1.67. The number of anilines is 1. The van der Waals surface area contributed by atoms with Gasteiger partial charge in [-0.25, -0.2) is 0 Å². The average Bonchev–Trinajstić information content (AvgIpc) is 2.68. The zero-order valence-electron chi connectivity index (χ0n) is 9.32. The van der Waals surface area contributed by atoms with Gasteiger partial charge in [0, 0.05) is 18.0 Å². The molecule has 2 aliphatic rings. The predicted molar refractivity (Wildman–Crippen MR) is 62.0 cm³/mol. The summed E-state index contributed by atoms with van der Waals surface area (Å²) in [4.78, 5) is 11.8. The number of Topliss-reactive ketones (excluding diaryl/α,β-unsaturated/α-hetero) is 1. The van der Waals surface area contributed by atoms with E-state index in [0.717, 1.165) is 30.7 Å². The second-order valence-electron chi connectivity index (χ2n) is 4.54. The molecule has 0 radical (unpaired) electrons. The van der Waals surface area contributed by atoms with Crippen molar-refractivity contribution in [2.24, 2.45) is 0 Å². The molecule has 1 saturated carbocycles. The van der Waals surface area contributed by atoms with Crippen molar-refractivity contribution < 1.29 is 9.53 Å². The smallest absolute Gasteiger partial charge is 0.155 e. The SMILES string of the molecule is COc1ccc2c(c1)C1CCCC(=O)C1N2. The maximum Gasteiger partial charge on any atom is 0.155 e. The first-order valence-electron chi connectivity index (χ1n) is 5.77. The number of ketones is 1. The molecule has 1 aromatic carbocycles. The maximum absolute atomic E-state index is 11.8. The molecular weight excluding hydrogens is 202 g/mol. The quantitative estimate of drug-likeness (QED) is 0.784. The normalized spacial score (nSPS) is 26.9. The van der Waals surface area contributed by atoms with Crippen LogP contribution in [0.3, 0.4) is 0 Å². The maximum atomic E-state index is 11.8.